The van der Waals surface area contributed by atoms with Crippen LogP contribution in [0.15, 0.2) is 18.6 Å². The third-order valence-corrected chi connectivity index (χ3v) is 2.05. The number of imidazole rings is 1. The van der Waals surface area contributed by atoms with Crippen LogP contribution in [0.5, 0.6) is 0 Å². The lowest BCUT2D eigenvalue weighted by molar-refractivity contribution is -0.138. The lowest BCUT2D eigenvalue weighted by Crippen LogP contribution is -2.10. The van der Waals surface area contributed by atoms with Gasteiger partial charge in [0.2, 0.25) is 0 Å². The van der Waals surface area contributed by atoms with Gasteiger partial charge in [-0.2, -0.15) is 5.10 Å². The topological polar surface area (TPSA) is 80.4 Å². The maximum Gasteiger partial charge on any atom is 0.312 e. The first-order valence-corrected chi connectivity index (χ1v) is 4.07. The zero-order valence-electron chi connectivity index (χ0n) is 7.45. The molecule has 0 radical (unpaired) electrons. The second kappa shape index (κ2) is 3.06. The number of nitrogens with zero attached hydrogens (tertiary/aromatic N) is 4. The Morgan fingerprint density at radius 2 is 2.43 bits per heavy atom. The first kappa shape index (κ1) is 8.61. The summed E-state index contributed by atoms with van der Waals surface area (Å²) >= 11 is 0. The van der Waals surface area contributed by atoms with Gasteiger partial charge in [0.15, 0.2) is 0 Å². The Balaban J connectivity index is 2.58. The number of carboxylic acid groups (broad SMARTS) is 1. The van der Waals surface area contributed by atoms with Crippen LogP contribution in [0.3, 0.4) is 0 Å². The molecule has 0 aromatic carbocycles. The molecule has 6 nitrogen and oxygen atoms in total. The number of aliphatic carboxylic acids is 1. The van der Waals surface area contributed by atoms with Crippen molar-refractivity contribution in [2.24, 2.45) is 0 Å². The van der Waals surface area contributed by atoms with E-state index in [0.717, 1.165) is 0 Å². The zero-order chi connectivity index (χ0) is 10.1. The number of carbonyl (C=O) groups is 1. The lowest BCUT2D eigenvalue weighted by Gasteiger charge is -2.04. The number of rotatable bonds is 2. The van der Waals surface area contributed by atoms with Gasteiger partial charge in [0.25, 0.3) is 5.78 Å². The molecule has 14 heavy (non-hydrogen) atoms. The quantitative estimate of drug-likeness (QED) is 0.740. The van der Waals surface area contributed by atoms with Gasteiger partial charge in [-0.15, -0.1) is 5.10 Å². The van der Waals surface area contributed by atoms with E-state index in [1.165, 1.54) is 12.4 Å². The van der Waals surface area contributed by atoms with E-state index in [9.17, 15) is 4.79 Å². The summed E-state index contributed by atoms with van der Waals surface area (Å²) in [6, 6.07) is 0. The van der Waals surface area contributed by atoms with Gasteiger partial charge in [-0.25, -0.2) is 4.98 Å². The van der Waals surface area contributed by atoms with E-state index in [4.69, 9.17) is 5.11 Å². The number of carboxylic acids is 1. The van der Waals surface area contributed by atoms with Crippen LogP contribution in [0.4, 0.5) is 0 Å². The summed E-state index contributed by atoms with van der Waals surface area (Å²) < 4.78 is 1.62. The molecule has 0 aliphatic carbocycles. The van der Waals surface area contributed by atoms with Gasteiger partial charge < -0.3 is 5.11 Å². The van der Waals surface area contributed by atoms with Gasteiger partial charge in [0.05, 0.1) is 24.0 Å². The molecule has 2 aromatic heterocycles. The van der Waals surface area contributed by atoms with Crippen LogP contribution >= 0.6 is 0 Å². The average Bonchev–Trinajstić information content (AvgIpc) is 2.60. The number of hydrogen-bond donors (Lipinski definition) is 1. The Labute approximate surface area is 79.2 Å². The summed E-state index contributed by atoms with van der Waals surface area (Å²) in [5.41, 5.74) is 0.599. The van der Waals surface area contributed by atoms with Crippen molar-refractivity contribution in [3.05, 3.63) is 24.3 Å². The summed E-state index contributed by atoms with van der Waals surface area (Å²) in [4.78, 5) is 14.7. The Hall–Kier alpha value is -1.98. The normalized spacial score (nSPS) is 12.9. The maximum atomic E-state index is 10.8. The van der Waals surface area contributed by atoms with Crippen LogP contribution in [-0.4, -0.2) is 30.7 Å². The molecule has 0 amide bonds. The standard InChI is InChI=1S/C8H8N4O2/c1-5(7(13)14)6-4-9-8-11-10-2-3-12(6)8/h2-5H,1H3,(H,13,14). The minimum atomic E-state index is -0.886. The second-order valence-electron chi connectivity index (χ2n) is 2.93. The van der Waals surface area contributed by atoms with Gasteiger partial charge in [0, 0.05) is 6.20 Å². The van der Waals surface area contributed by atoms with Gasteiger partial charge in [-0.05, 0) is 6.92 Å². The molecule has 6 heteroatoms. The number of hydrogen-bond acceptors (Lipinski definition) is 4. The number of aromatic nitrogens is 4. The van der Waals surface area contributed by atoms with Crippen molar-refractivity contribution in [3.8, 4) is 0 Å². The molecule has 2 rings (SSSR count). The highest BCUT2D eigenvalue weighted by atomic mass is 16.4. The van der Waals surface area contributed by atoms with Crippen LogP contribution < -0.4 is 0 Å². The molecule has 1 N–H and O–H groups in total. The van der Waals surface area contributed by atoms with Gasteiger partial charge in [0.1, 0.15) is 0 Å². The number of fused-ring (bicyclic) bond motifs is 1. The molecule has 0 bridgehead atoms. The molecule has 0 aliphatic heterocycles. The van der Waals surface area contributed by atoms with Crippen LogP contribution in [0.2, 0.25) is 0 Å². The first-order chi connectivity index (χ1) is 6.70. The SMILES string of the molecule is CC(C(=O)O)c1cnc2nnccn12. The lowest BCUT2D eigenvalue weighted by atomic mass is 10.1. The maximum absolute atomic E-state index is 10.8. The van der Waals surface area contributed by atoms with Crippen LogP contribution in [0.25, 0.3) is 5.78 Å². The average molecular weight is 192 g/mol. The summed E-state index contributed by atoms with van der Waals surface area (Å²) in [6.45, 7) is 1.60. The monoisotopic (exact) mass is 192 g/mol. The van der Waals surface area contributed by atoms with Crippen molar-refractivity contribution < 1.29 is 9.90 Å². The highest BCUT2D eigenvalue weighted by Gasteiger charge is 2.18. The predicted molar refractivity (Wildman–Crippen MR) is 46.8 cm³/mol. The Morgan fingerprint density at radius 3 is 3.14 bits per heavy atom. The molecular weight excluding hydrogens is 184 g/mol. The molecule has 0 fully saturated rings. The summed E-state index contributed by atoms with van der Waals surface area (Å²) in [6.07, 6.45) is 4.64. The highest BCUT2D eigenvalue weighted by Crippen LogP contribution is 2.15. The molecule has 1 atom stereocenters. The smallest absolute Gasteiger partial charge is 0.312 e. The third-order valence-electron chi connectivity index (χ3n) is 2.05. The van der Waals surface area contributed by atoms with E-state index in [-0.39, 0.29) is 0 Å². The molecule has 72 valence electrons. The molecule has 0 saturated carbocycles. The van der Waals surface area contributed by atoms with Crippen molar-refractivity contribution in [3.63, 3.8) is 0 Å². The second-order valence-corrected chi connectivity index (χ2v) is 2.93. The molecule has 0 spiro atoms. The van der Waals surface area contributed by atoms with E-state index < -0.39 is 11.9 Å². The molecule has 0 saturated heterocycles. The van der Waals surface area contributed by atoms with Crippen molar-refractivity contribution >= 4 is 11.7 Å². The molecular formula is C8H8N4O2. The van der Waals surface area contributed by atoms with Crippen molar-refractivity contribution in [1.82, 2.24) is 19.6 Å². The Bertz CT molecular complexity index is 479. The summed E-state index contributed by atoms with van der Waals surface area (Å²) in [7, 11) is 0. The van der Waals surface area contributed by atoms with Crippen LogP contribution in [0, 0.1) is 0 Å². The summed E-state index contributed by atoms with van der Waals surface area (Å²) in [5.74, 6) is -1.08. The minimum Gasteiger partial charge on any atom is -0.481 e. The Kier molecular flexibility index (Phi) is 1.88. The predicted octanol–water partition coefficient (Wildman–Crippen LogP) is 0.312. The van der Waals surface area contributed by atoms with Crippen molar-refractivity contribution in [2.45, 2.75) is 12.8 Å². The molecule has 2 heterocycles. The van der Waals surface area contributed by atoms with Gasteiger partial charge >= 0.3 is 5.97 Å². The first-order valence-electron chi connectivity index (χ1n) is 4.07. The summed E-state index contributed by atoms with van der Waals surface area (Å²) in [5, 5.41) is 16.2. The fourth-order valence-corrected chi connectivity index (χ4v) is 1.22. The zero-order valence-corrected chi connectivity index (χ0v) is 7.45. The minimum absolute atomic E-state index is 0.413. The van der Waals surface area contributed by atoms with Crippen LogP contribution in [0.1, 0.15) is 18.5 Å². The third kappa shape index (κ3) is 1.20. The fraction of sp³-hybridized carbons (Fsp3) is 0.250. The van der Waals surface area contributed by atoms with E-state index >= 15 is 0 Å². The molecule has 1 unspecified atom stereocenters. The Morgan fingerprint density at radius 1 is 1.64 bits per heavy atom. The highest BCUT2D eigenvalue weighted by molar-refractivity contribution is 5.75. The largest absolute Gasteiger partial charge is 0.481 e. The van der Waals surface area contributed by atoms with E-state index in [0.29, 0.717) is 11.5 Å². The van der Waals surface area contributed by atoms with E-state index in [1.54, 1.807) is 17.5 Å². The van der Waals surface area contributed by atoms with Crippen molar-refractivity contribution in [1.29, 1.82) is 0 Å². The van der Waals surface area contributed by atoms with Crippen LogP contribution in [-0.2, 0) is 4.79 Å². The van der Waals surface area contributed by atoms with E-state index in [2.05, 4.69) is 15.2 Å². The van der Waals surface area contributed by atoms with Gasteiger partial charge in [-0.1, -0.05) is 0 Å². The molecule has 0 aliphatic rings. The van der Waals surface area contributed by atoms with Crippen molar-refractivity contribution in [2.75, 3.05) is 0 Å². The fourth-order valence-electron chi connectivity index (χ4n) is 1.22. The molecule has 2 aromatic rings. The van der Waals surface area contributed by atoms with Gasteiger partial charge in [-0.3, -0.25) is 9.20 Å². The van der Waals surface area contributed by atoms with E-state index in [1.807, 2.05) is 0 Å².